The predicted octanol–water partition coefficient (Wildman–Crippen LogP) is 1.71. The molecule has 1 aliphatic heterocycles. The highest BCUT2D eigenvalue weighted by Gasteiger charge is 2.28. The van der Waals surface area contributed by atoms with Gasteiger partial charge in [0.1, 0.15) is 0 Å². The Labute approximate surface area is 116 Å². The number of carbonyl (C=O) groups excluding carboxylic acids is 1. The van der Waals surface area contributed by atoms with E-state index in [1.165, 1.54) is 0 Å². The molecule has 2 N–H and O–H groups in total. The van der Waals surface area contributed by atoms with Crippen molar-refractivity contribution in [2.45, 2.75) is 12.1 Å². The van der Waals surface area contributed by atoms with Crippen LogP contribution in [0.25, 0.3) is 0 Å². The van der Waals surface area contributed by atoms with E-state index >= 15 is 0 Å². The Balaban J connectivity index is 2.10. The molecule has 0 bridgehead atoms. The first-order valence-corrected chi connectivity index (χ1v) is 6.37. The minimum absolute atomic E-state index is 0.0214. The maximum atomic E-state index is 12.1. The molecule has 0 aromatic heterocycles. The normalized spacial score (nSPS) is 23.1. The maximum absolute atomic E-state index is 12.1. The zero-order valence-electron chi connectivity index (χ0n) is 9.87. The van der Waals surface area contributed by atoms with Gasteiger partial charge in [-0.15, -0.1) is 0 Å². The highest BCUT2D eigenvalue weighted by atomic mass is 35.5. The van der Waals surface area contributed by atoms with E-state index in [1.54, 1.807) is 25.3 Å². The molecule has 1 saturated heterocycles. The molecule has 0 saturated carbocycles. The van der Waals surface area contributed by atoms with Gasteiger partial charge in [0.15, 0.2) is 0 Å². The lowest BCUT2D eigenvalue weighted by Gasteiger charge is -2.19. The summed E-state index contributed by atoms with van der Waals surface area (Å²) in [6.45, 7) is 1.41. The van der Waals surface area contributed by atoms with Crippen molar-refractivity contribution >= 4 is 29.1 Å². The number of hydrogen-bond acceptors (Lipinski definition) is 3. The molecule has 4 nitrogen and oxygen atoms in total. The Bertz CT molecular complexity index is 454. The molecule has 0 radical (unpaired) electrons. The molecule has 0 aliphatic carbocycles. The minimum atomic E-state index is -0.238. The smallest absolute Gasteiger partial charge is 0.253 e. The molecule has 1 heterocycles. The van der Waals surface area contributed by atoms with E-state index in [0.717, 1.165) is 6.54 Å². The molecule has 0 spiro atoms. The molecule has 1 fully saturated rings. The number of ether oxygens (including phenoxy) is 1. The van der Waals surface area contributed by atoms with Crippen molar-refractivity contribution < 1.29 is 9.53 Å². The zero-order valence-corrected chi connectivity index (χ0v) is 11.4. The lowest BCUT2D eigenvalue weighted by molar-refractivity contribution is 0.0780. The fraction of sp³-hybridized carbons (Fsp3) is 0.417. The molecule has 98 valence electrons. The van der Waals surface area contributed by atoms with Crippen LogP contribution in [0.5, 0.6) is 0 Å². The third-order valence-electron chi connectivity index (χ3n) is 2.97. The summed E-state index contributed by atoms with van der Waals surface area (Å²) < 4.78 is 5.28. The number of halogens is 2. The van der Waals surface area contributed by atoms with Crippen molar-refractivity contribution in [3.05, 3.63) is 33.8 Å². The zero-order chi connectivity index (χ0) is 13.1. The Hall–Kier alpha value is -0.810. The van der Waals surface area contributed by atoms with Crippen LogP contribution in [0.15, 0.2) is 18.2 Å². The summed E-state index contributed by atoms with van der Waals surface area (Å²) in [4.78, 5) is 12.1. The van der Waals surface area contributed by atoms with Gasteiger partial charge in [-0.2, -0.15) is 0 Å². The van der Waals surface area contributed by atoms with E-state index in [1.807, 2.05) is 0 Å². The molecule has 18 heavy (non-hydrogen) atoms. The summed E-state index contributed by atoms with van der Waals surface area (Å²) in [6.07, 6.45) is -0.0214. The SMILES string of the molecule is CO[C@H]1CNCC1NC(=O)c1cccc(Cl)c1Cl. The number of benzene rings is 1. The standard InChI is InChI=1S/C12H14Cl2N2O2/c1-18-10-6-15-5-9(10)16-12(17)7-3-2-4-8(13)11(7)14/h2-4,9-10,15H,5-6H2,1H3,(H,16,17)/t9?,10-/m0/s1. The van der Waals surface area contributed by atoms with Gasteiger partial charge < -0.3 is 15.4 Å². The second-order valence-electron chi connectivity index (χ2n) is 4.11. The molecule has 1 amide bonds. The highest BCUT2D eigenvalue weighted by Crippen LogP contribution is 2.25. The van der Waals surface area contributed by atoms with Crippen LogP contribution in [0.2, 0.25) is 10.0 Å². The van der Waals surface area contributed by atoms with Gasteiger partial charge in [-0.3, -0.25) is 4.79 Å². The molecular weight excluding hydrogens is 275 g/mol. The molecule has 1 unspecified atom stereocenters. The summed E-state index contributed by atoms with van der Waals surface area (Å²) in [5.74, 6) is -0.238. The third kappa shape index (κ3) is 2.78. The largest absolute Gasteiger partial charge is 0.378 e. The van der Waals surface area contributed by atoms with Crippen molar-refractivity contribution in [2.24, 2.45) is 0 Å². The van der Waals surface area contributed by atoms with Crippen molar-refractivity contribution in [2.75, 3.05) is 20.2 Å². The number of carbonyl (C=O) groups is 1. The molecule has 1 aliphatic rings. The highest BCUT2D eigenvalue weighted by molar-refractivity contribution is 6.43. The summed E-state index contributed by atoms with van der Waals surface area (Å²) in [7, 11) is 1.63. The average molecular weight is 289 g/mol. The summed E-state index contributed by atoms with van der Waals surface area (Å²) in [6, 6.07) is 4.94. The lowest BCUT2D eigenvalue weighted by Crippen LogP contribution is -2.43. The Morgan fingerprint density at radius 2 is 2.22 bits per heavy atom. The first kappa shape index (κ1) is 13.6. The second-order valence-corrected chi connectivity index (χ2v) is 4.90. The summed E-state index contributed by atoms with van der Waals surface area (Å²) in [5.41, 5.74) is 0.380. The molecular formula is C12H14Cl2N2O2. The van der Waals surface area contributed by atoms with Gasteiger partial charge in [0.05, 0.1) is 27.8 Å². The van der Waals surface area contributed by atoms with Crippen LogP contribution < -0.4 is 10.6 Å². The monoisotopic (exact) mass is 288 g/mol. The fourth-order valence-electron chi connectivity index (χ4n) is 1.97. The third-order valence-corrected chi connectivity index (χ3v) is 3.79. The Kier molecular flexibility index (Phi) is 4.45. The van der Waals surface area contributed by atoms with Gasteiger partial charge >= 0.3 is 0 Å². The molecule has 2 rings (SSSR count). The number of hydrogen-bond donors (Lipinski definition) is 2. The maximum Gasteiger partial charge on any atom is 0.253 e. The first-order valence-electron chi connectivity index (χ1n) is 5.62. The van der Waals surface area contributed by atoms with Crippen LogP contribution in [0, 0.1) is 0 Å². The van der Waals surface area contributed by atoms with E-state index in [2.05, 4.69) is 10.6 Å². The van der Waals surface area contributed by atoms with Crippen LogP contribution >= 0.6 is 23.2 Å². The number of methoxy groups -OCH3 is 1. The van der Waals surface area contributed by atoms with E-state index < -0.39 is 0 Å². The van der Waals surface area contributed by atoms with Crippen LogP contribution in [-0.4, -0.2) is 38.3 Å². The number of nitrogens with one attached hydrogen (secondary N) is 2. The number of amides is 1. The summed E-state index contributed by atoms with van der Waals surface area (Å²) >= 11 is 11.9. The molecule has 2 atom stereocenters. The van der Waals surface area contributed by atoms with E-state index in [4.69, 9.17) is 27.9 Å². The Morgan fingerprint density at radius 3 is 2.94 bits per heavy atom. The van der Waals surface area contributed by atoms with Gasteiger partial charge in [0.25, 0.3) is 5.91 Å². The summed E-state index contributed by atoms with van der Waals surface area (Å²) in [5, 5.41) is 6.70. The minimum Gasteiger partial charge on any atom is -0.378 e. The van der Waals surface area contributed by atoms with E-state index in [0.29, 0.717) is 17.1 Å². The van der Waals surface area contributed by atoms with Crippen LogP contribution in [0.4, 0.5) is 0 Å². The van der Waals surface area contributed by atoms with Gasteiger partial charge in [-0.25, -0.2) is 0 Å². The first-order chi connectivity index (χ1) is 8.63. The van der Waals surface area contributed by atoms with Crippen LogP contribution in [0.1, 0.15) is 10.4 Å². The fourth-order valence-corrected chi connectivity index (χ4v) is 2.36. The topological polar surface area (TPSA) is 50.4 Å². The van der Waals surface area contributed by atoms with Gasteiger partial charge in [-0.05, 0) is 12.1 Å². The predicted molar refractivity (Wildman–Crippen MR) is 71.4 cm³/mol. The molecule has 6 heteroatoms. The van der Waals surface area contributed by atoms with E-state index in [9.17, 15) is 4.79 Å². The van der Waals surface area contributed by atoms with Gasteiger partial charge in [-0.1, -0.05) is 29.3 Å². The quantitative estimate of drug-likeness (QED) is 0.890. The van der Waals surface area contributed by atoms with Crippen molar-refractivity contribution in [3.8, 4) is 0 Å². The Morgan fingerprint density at radius 1 is 1.44 bits per heavy atom. The van der Waals surface area contributed by atoms with Gasteiger partial charge in [0, 0.05) is 20.2 Å². The van der Waals surface area contributed by atoms with Gasteiger partial charge in [0.2, 0.25) is 0 Å². The average Bonchev–Trinajstić information content (AvgIpc) is 2.79. The van der Waals surface area contributed by atoms with Crippen molar-refractivity contribution in [3.63, 3.8) is 0 Å². The number of rotatable bonds is 3. The van der Waals surface area contributed by atoms with E-state index in [-0.39, 0.29) is 23.1 Å². The van der Waals surface area contributed by atoms with Crippen LogP contribution in [-0.2, 0) is 4.74 Å². The van der Waals surface area contributed by atoms with Crippen molar-refractivity contribution in [1.82, 2.24) is 10.6 Å². The molecule has 1 aromatic rings. The second kappa shape index (κ2) is 5.89. The molecule has 1 aromatic carbocycles. The lowest BCUT2D eigenvalue weighted by atomic mass is 10.1. The van der Waals surface area contributed by atoms with Crippen molar-refractivity contribution in [1.29, 1.82) is 0 Å². The van der Waals surface area contributed by atoms with Crippen LogP contribution in [0.3, 0.4) is 0 Å².